The molecule has 40 heavy (non-hydrogen) atoms. The average molecular weight is 568 g/mol. The van der Waals surface area contributed by atoms with Crippen LogP contribution in [0, 0.1) is 0 Å². The first-order chi connectivity index (χ1) is 19.2. The highest BCUT2D eigenvalue weighted by molar-refractivity contribution is 7.80. The van der Waals surface area contributed by atoms with Crippen molar-refractivity contribution in [2.24, 2.45) is 0 Å². The minimum atomic E-state index is -4.76. The van der Waals surface area contributed by atoms with Gasteiger partial charge in [0.25, 0.3) is 0 Å². The number of halogens is 3. The highest BCUT2D eigenvalue weighted by atomic mass is 32.2. The van der Waals surface area contributed by atoms with Gasteiger partial charge in [-0.25, -0.2) is 0 Å². The number of ether oxygens (including phenoxy) is 1. The summed E-state index contributed by atoms with van der Waals surface area (Å²) in [6.07, 6.45) is -2.40. The average Bonchev–Trinajstić information content (AvgIpc) is 2.95. The summed E-state index contributed by atoms with van der Waals surface area (Å²) >= 11 is -2.52. The molecule has 0 radical (unpaired) electrons. The van der Waals surface area contributed by atoms with E-state index in [-0.39, 0.29) is 18.3 Å². The Kier molecular flexibility index (Phi) is 8.73. The first-order valence-electron chi connectivity index (χ1n) is 13.2. The summed E-state index contributed by atoms with van der Waals surface area (Å²) in [5.41, 5.74) is 2.68. The fraction of sp³-hybridized carbons (Fsp3) is 0.290. The predicted molar refractivity (Wildman–Crippen MR) is 151 cm³/mol. The molecule has 9 heteroatoms. The summed E-state index contributed by atoms with van der Waals surface area (Å²) in [6, 6.07) is 29.4. The van der Waals surface area contributed by atoms with E-state index < -0.39 is 17.6 Å². The fourth-order valence-electron chi connectivity index (χ4n) is 5.51. The summed E-state index contributed by atoms with van der Waals surface area (Å²) in [4.78, 5) is 2.31. The molecule has 0 bridgehead atoms. The molecule has 1 saturated heterocycles. The lowest BCUT2D eigenvalue weighted by Gasteiger charge is -2.41. The molecule has 0 amide bonds. The Balaban J connectivity index is 1.38. The first-order valence-corrected chi connectivity index (χ1v) is 14.3. The third kappa shape index (κ3) is 7.21. The van der Waals surface area contributed by atoms with Crippen LogP contribution < -0.4 is 9.04 Å². The molecule has 0 aliphatic carbocycles. The monoisotopic (exact) mass is 567 g/mol. The summed E-state index contributed by atoms with van der Waals surface area (Å²) in [5.74, 6) is 0.150. The summed E-state index contributed by atoms with van der Waals surface area (Å²) in [5, 5.41) is 1.96. The van der Waals surface area contributed by atoms with Crippen LogP contribution in [-0.2, 0) is 17.7 Å². The van der Waals surface area contributed by atoms with Gasteiger partial charge in [-0.2, -0.15) is 0 Å². The van der Waals surface area contributed by atoms with Crippen molar-refractivity contribution >= 4 is 27.7 Å². The van der Waals surface area contributed by atoms with Gasteiger partial charge < -0.3 is 13.6 Å². The van der Waals surface area contributed by atoms with Crippen molar-refractivity contribution in [3.63, 3.8) is 0 Å². The second kappa shape index (κ2) is 12.4. The SMILES string of the molecule is O=S([O-])N(CC(Cc1ccc(OC(F)(F)F)cc1)N1CCC(c2ccccc2)CC1)c1ccc2ccccc2c1. The molecule has 5 nitrogen and oxygen atoms in total. The Labute approximate surface area is 234 Å². The van der Waals surface area contributed by atoms with E-state index in [0.29, 0.717) is 18.0 Å². The van der Waals surface area contributed by atoms with Crippen molar-refractivity contribution in [1.82, 2.24) is 4.90 Å². The van der Waals surface area contributed by atoms with Crippen LogP contribution in [0.3, 0.4) is 0 Å². The molecule has 2 atom stereocenters. The number of anilines is 1. The summed E-state index contributed by atoms with van der Waals surface area (Å²) < 4.78 is 68.3. The number of alkyl halides is 3. The third-order valence-electron chi connectivity index (χ3n) is 7.52. The van der Waals surface area contributed by atoms with Crippen molar-refractivity contribution in [3.05, 3.63) is 108 Å². The van der Waals surface area contributed by atoms with E-state index in [9.17, 15) is 21.9 Å². The first kappa shape index (κ1) is 28.1. The molecule has 210 valence electrons. The van der Waals surface area contributed by atoms with Crippen LogP contribution in [0.2, 0.25) is 0 Å². The standard InChI is InChI=1S/C31H31F3N2O3S/c32-31(33,34)39-30-14-10-23(11-15-30)20-29(35-18-16-26(17-19-35)24-6-2-1-3-7-24)22-36(40(37)38)28-13-12-25-8-4-5-9-27(25)21-28/h1-15,21,26,29H,16-20,22H2,(H,37,38)/p-1. The van der Waals surface area contributed by atoms with Gasteiger partial charge in [-0.15, -0.1) is 13.2 Å². The van der Waals surface area contributed by atoms with E-state index in [2.05, 4.69) is 21.8 Å². The number of fused-ring (bicyclic) bond motifs is 1. The van der Waals surface area contributed by atoms with Gasteiger partial charge in [0.15, 0.2) is 0 Å². The van der Waals surface area contributed by atoms with Crippen molar-refractivity contribution in [1.29, 1.82) is 0 Å². The molecule has 5 rings (SSSR count). The normalized spacial score (nSPS) is 16.5. The van der Waals surface area contributed by atoms with Crippen LogP contribution in [0.1, 0.15) is 29.9 Å². The molecular weight excluding hydrogens is 537 g/mol. The lowest BCUT2D eigenvalue weighted by molar-refractivity contribution is -0.274. The van der Waals surface area contributed by atoms with Crippen molar-refractivity contribution in [2.45, 2.75) is 37.6 Å². The maximum Gasteiger partial charge on any atom is 0.573 e. The van der Waals surface area contributed by atoms with Crippen LogP contribution in [0.25, 0.3) is 10.8 Å². The minimum Gasteiger partial charge on any atom is -0.755 e. The molecule has 0 N–H and O–H groups in total. The maximum absolute atomic E-state index is 12.6. The molecule has 4 aromatic carbocycles. The van der Waals surface area contributed by atoms with Gasteiger partial charge in [0.1, 0.15) is 5.75 Å². The summed E-state index contributed by atoms with van der Waals surface area (Å²) in [7, 11) is 0. The highest BCUT2D eigenvalue weighted by Crippen LogP contribution is 2.31. The van der Waals surface area contributed by atoms with E-state index in [1.807, 2.05) is 54.6 Å². The largest absolute Gasteiger partial charge is 0.755 e. The number of hydrogen-bond donors (Lipinski definition) is 0. The van der Waals surface area contributed by atoms with E-state index in [4.69, 9.17) is 0 Å². The van der Waals surface area contributed by atoms with E-state index in [1.165, 1.54) is 22.0 Å². The van der Waals surface area contributed by atoms with Crippen molar-refractivity contribution in [2.75, 3.05) is 23.9 Å². The second-order valence-corrected chi connectivity index (χ2v) is 11.0. The predicted octanol–water partition coefficient (Wildman–Crippen LogP) is 6.83. The lowest BCUT2D eigenvalue weighted by atomic mass is 9.88. The third-order valence-corrected chi connectivity index (χ3v) is 8.24. The molecule has 1 aliphatic rings. The van der Waals surface area contributed by atoms with Gasteiger partial charge in [-0.1, -0.05) is 72.8 Å². The Bertz CT molecular complexity index is 1430. The molecule has 1 aliphatic heterocycles. The summed E-state index contributed by atoms with van der Waals surface area (Å²) in [6.45, 7) is 1.79. The van der Waals surface area contributed by atoms with Crippen molar-refractivity contribution < 1.29 is 26.7 Å². The number of benzene rings is 4. The number of likely N-dealkylation sites (tertiary alicyclic amines) is 1. The molecule has 0 saturated carbocycles. The molecule has 4 aromatic rings. The van der Waals surface area contributed by atoms with Crippen LogP contribution >= 0.6 is 0 Å². The topological polar surface area (TPSA) is 55.8 Å². The van der Waals surface area contributed by atoms with Crippen molar-refractivity contribution in [3.8, 4) is 5.75 Å². The minimum absolute atomic E-state index is 0.185. The van der Waals surface area contributed by atoms with Gasteiger partial charge in [0.2, 0.25) is 0 Å². The van der Waals surface area contributed by atoms with Gasteiger partial charge in [-0.3, -0.25) is 9.11 Å². The molecular formula is C31H30F3N2O3S-. The zero-order valence-electron chi connectivity index (χ0n) is 21.8. The van der Waals surface area contributed by atoms with Gasteiger partial charge in [-0.05, 0) is 84.4 Å². The van der Waals surface area contributed by atoms with Gasteiger partial charge in [0.05, 0.1) is 0 Å². The second-order valence-electron chi connectivity index (χ2n) is 10.1. The molecule has 0 aromatic heterocycles. The zero-order valence-corrected chi connectivity index (χ0v) is 22.6. The van der Waals surface area contributed by atoms with Gasteiger partial charge >= 0.3 is 6.36 Å². The fourth-order valence-corrected chi connectivity index (χ4v) is 6.09. The number of rotatable bonds is 9. The lowest BCUT2D eigenvalue weighted by Crippen LogP contribution is -2.48. The van der Waals surface area contributed by atoms with Crippen LogP contribution in [0.5, 0.6) is 5.75 Å². The number of hydrogen-bond acceptors (Lipinski definition) is 4. The zero-order chi connectivity index (χ0) is 28.1. The Morgan fingerprint density at radius 3 is 2.20 bits per heavy atom. The molecule has 0 spiro atoms. The Morgan fingerprint density at radius 1 is 0.900 bits per heavy atom. The van der Waals surface area contributed by atoms with Crippen LogP contribution in [0.15, 0.2) is 97.1 Å². The van der Waals surface area contributed by atoms with E-state index >= 15 is 0 Å². The molecule has 1 heterocycles. The quantitative estimate of drug-likeness (QED) is 0.208. The molecule has 2 unspecified atom stereocenters. The number of piperidine rings is 1. The van der Waals surface area contributed by atoms with Crippen LogP contribution in [-0.4, -0.2) is 45.7 Å². The number of nitrogens with zero attached hydrogens (tertiary/aromatic N) is 2. The van der Waals surface area contributed by atoms with E-state index in [1.54, 1.807) is 18.2 Å². The highest BCUT2D eigenvalue weighted by Gasteiger charge is 2.31. The van der Waals surface area contributed by atoms with Crippen LogP contribution in [0.4, 0.5) is 18.9 Å². The Morgan fingerprint density at radius 2 is 1.55 bits per heavy atom. The smallest absolute Gasteiger partial charge is 0.573 e. The Hall–Kier alpha value is -3.40. The molecule has 1 fully saturated rings. The maximum atomic E-state index is 12.6. The van der Waals surface area contributed by atoms with E-state index in [0.717, 1.165) is 42.3 Å². The van der Waals surface area contributed by atoms with Gasteiger partial charge in [0, 0.05) is 29.5 Å².